The van der Waals surface area contributed by atoms with E-state index >= 15 is 0 Å². The Morgan fingerprint density at radius 2 is 2.29 bits per heavy atom. The van der Waals surface area contributed by atoms with Crippen molar-refractivity contribution in [2.45, 2.75) is 6.54 Å². The number of para-hydroxylation sites is 1. The fourth-order valence-electron chi connectivity index (χ4n) is 1.71. The molecule has 0 aliphatic rings. The van der Waals surface area contributed by atoms with Gasteiger partial charge in [-0.25, -0.2) is 6.57 Å². The molecule has 0 saturated carbocycles. The first-order valence-electron chi connectivity index (χ1n) is 4.29. The number of aromatic nitrogens is 1. The molecule has 0 saturated heterocycles. The number of aryl methyl sites for hydroxylation is 1. The largest absolute Gasteiger partial charge is 0.349 e. The van der Waals surface area contributed by atoms with Crippen molar-refractivity contribution >= 4 is 26.8 Å². The van der Waals surface area contributed by atoms with Gasteiger partial charge in [0, 0.05) is 23.1 Å². The highest BCUT2D eigenvalue weighted by molar-refractivity contribution is 9.10. The first kappa shape index (κ1) is 9.29. The predicted octanol–water partition coefficient (Wildman–Crippen LogP) is 3.36. The van der Waals surface area contributed by atoms with E-state index in [9.17, 15) is 0 Å². The molecule has 1 heterocycles. The summed E-state index contributed by atoms with van der Waals surface area (Å²) in [7, 11) is 2.00. The first-order valence-corrected chi connectivity index (χ1v) is 5.09. The van der Waals surface area contributed by atoms with Crippen LogP contribution in [0.15, 0.2) is 28.9 Å². The molecular formula is C11H9BrN2. The lowest BCUT2D eigenvalue weighted by Gasteiger charge is -1.97. The van der Waals surface area contributed by atoms with Crippen LogP contribution in [0.4, 0.5) is 0 Å². The monoisotopic (exact) mass is 248 g/mol. The maximum absolute atomic E-state index is 6.88. The smallest absolute Gasteiger partial charge is 0.241 e. The van der Waals surface area contributed by atoms with Crippen LogP contribution in [0.1, 0.15) is 5.56 Å². The fourth-order valence-corrected chi connectivity index (χ4v) is 2.36. The summed E-state index contributed by atoms with van der Waals surface area (Å²) >= 11 is 3.51. The van der Waals surface area contributed by atoms with Crippen molar-refractivity contribution in [3.8, 4) is 0 Å². The molecule has 1 aromatic heterocycles. The average Bonchev–Trinajstić information content (AvgIpc) is 2.46. The molecule has 0 fully saturated rings. The van der Waals surface area contributed by atoms with Gasteiger partial charge in [0.15, 0.2) is 0 Å². The standard InChI is InChI=1S/C11H9BrN2/c1-13-6-8-7-14(2)11-9(8)4-3-5-10(11)12/h3-5,7H,6H2,2H3. The van der Waals surface area contributed by atoms with Crippen LogP contribution in [0.5, 0.6) is 0 Å². The minimum atomic E-state index is 0.452. The average molecular weight is 249 g/mol. The molecule has 0 unspecified atom stereocenters. The summed E-state index contributed by atoms with van der Waals surface area (Å²) < 4.78 is 3.13. The molecule has 0 atom stereocenters. The van der Waals surface area contributed by atoms with Gasteiger partial charge in [-0.2, -0.15) is 0 Å². The van der Waals surface area contributed by atoms with Crippen LogP contribution in [-0.2, 0) is 13.6 Å². The van der Waals surface area contributed by atoms with Crippen LogP contribution < -0.4 is 0 Å². The van der Waals surface area contributed by atoms with E-state index in [1.807, 2.05) is 25.4 Å². The second-order valence-corrected chi connectivity index (χ2v) is 4.07. The van der Waals surface area contributed by atoms with Gasteiger partial charge < -0.3 is 9.41 Å². The first-order chi connectivity index (χ1) is 6.74. The van der Waals surface area contributed by atoms with E-state index in [1.165, 1.54) is 0 Å². The summed E-state index contributed by atoms with van der Waals surface area (Å²) in [4.78, 5) is 3.42. The Kier molecular flexibility index (Phi) is 2.30. The number of nitrogens with zero attached hydrogens (tertiary/aromatic N) is 2. The predicted molar refractivity (Wildman–Crippen MR) is 60.9 cm³/mol. The molecule has 2 nitrogen and oxygen atoms in total. The molecule has 3 heteroatoms. The molecule has 1 aromatic carbocycles. The molecular weight excluding hydrogens is 240 g/mol. The van der Waals surface area contributed by atoms with E-state index in [0.717, 1.165) is 20.9 Å². The number of halogens is 1. The third-order valence-electron chi connectivity index (χ3n) is 2.28. The van der Waals surface area contributed by atoms with Gasteiger partial charge >= 0.3 is 0 Å². The minimum absolute atomic E-state index is 0.452. The SMILES string of the molecule is [C-]#[N+]Cc1cn(C)c2c(Br)cccc12. The molecule has 2 rings (SSSR count). The Bertz CT molecular complexity index is 520. The Labute approximate surface area is 91.1 Å². The Hall–Kier alpha value is -1.27. The van der Waals surface area contributed by atoms with Gasteiger partial charge in [0.25, 0.3) is 0 Å². The van der Waals surface area contributed by atoms with Gasteiger partial charge in [0.1, 0.15) is 0 Å². The quantitative estimate of drug-likeness (QED) is 0.685. The highest BCUT2D eigenvalue weighted by Crippen LogP contribution is 2.27. The van der Waals surface area contributed by atoms with Crippen molar-refractivity contribution in [2.75, 3.05) is 0 Å². The summed E-state index contributed by atoms with van der Waals surface area (Å²) in [6.07, 6.45) is 2.02. The number of hydrogen-bond donors (Lipinski definition) is 0. The number of rotatable bonds is 1. The van der Waals surface area contributed by atoms with Crippen LogP contribution in [0.25, 0.3) is 15.7 Å². The van der Waals surface area contributed by atoms with Gasteiger partial charge in [0.05, 0.1) is 11.1 Å². The highest BCUT2D eigenvalue weighted by Gasteiger charge is 2.09. The lowest BCUT2D eigenvalue weighted by molar-refractivity contribution is 0.957. The summed E-state index contributed by atoms with van der Waals surface area (Å²) in [6.45, 7) is 7.33. The third-order valence-corrected chi connectivity index (χ3v) is 2.92. The van der Waals surface area contributed by atoms with Gasteiger partial charge in [-0.3, -0.25) is 0 Å². The van der Waals surface area contributed by atoms with Crippen molar-refractivity contribution in [1.82, 2.24) is 4.57 Å². The minimum Gasteiger partial charge on any atom is -0.349 e. The Morgan fingerprint density at radius 3 is 3.00 bits per heavy atom. The molecule has 0 radical (unpaired) electrons. The zero-order valence-corrected chi connectivity index (χ0v) is 9.37. The zero-order valence-electron chi connectivity index (χ0n) is 7.79. The maximum atomic E-state index is 6.88. The van der Waals surface area contributed by atoms with Crippen molar-refractivity contribution in [1.29, 1.82) is 0 Å². The summed E-state index contributed by atoms with van der Waals surface area (Å²) in [5.74, 6) is 0. The van der Waals surface area contributed by atoms with Crippen molar-refractivity contribution in [3.63, 3.8) is 0 Å². The van der Waals surface area contributed by atoms with E-state index in [0.29, 0.717) is 6.54 Å². The van der Waals surface area contributed by atoms with E-state index in [2.05, 4.69) is 31.4 Å². The Balaban J connectivity index is 2.79. The molecule has 0 amide bonds. The highest BCUT2D eigenvalue weighted by atomic mass is 79.9. The lowest BCUT2D eigenvalue weighted by atomic mass is 10.2. The summed E-state index contributed by atoms with van der Waals surface area (Å²) in [6, 6.07) is 6.07. The zero-order chi connectivity index (χ0) is 10.1. The lowest BCUT2D eigenvalue weighted by Crippen LogP contribution is -1.83. The number of fused-ring (bicyclic) bond motifs is 1. The summed E-state index contributed by atoms with van der Waals surface area (Å²) in [5.41, 5.74) is 2.25. The number of hydrogen-bond acceptors (Lipinski definition) is 0. The van der Waals surface area contributed by atoms with Gasteiger partial charge in [0.2, 0.25) is 6.54 Å². The molecule has 2 aromatic rings. The van der Waals surface area contributed by atoms with Crippen LogP contribution in [0.3, 0.4) is 0 Å². The summed E-state index contributed by atoms with van der Waals surface area (Å²) in [5, 5.41) is 1.16. The van der Waals surface area contributed by atoms with Crippen LogP contribution in [0, 0.1) is 6.57 Å². The molecule has 14 heavy (non-hydrogen) atoms. The van der Waals surface area contributed by atoms with Crippen LogP contribution in [0.2, 0.25) is 0 Å². The molecule has 0 N–H and O–H groups in total. The van der Waals surface area contributed by atoms with Crippen LogP contribution in [-0.4, -0.2) is 4.57 Å². The van der Waals surface area contributed by atoms with Crippen molar-refractivity contribution in [3.05, 3.63) is 45.8 Å². The van der Waals surface area contributed by atoms with Gasteiger partial charge in [-0.1, -0.05) is 12.1 Å². The van der Waals surface area contributed by atoms with E-state index in [-0.39, 0.29) is 0 Å². The van der Waals surface area contributed by atoms with E-state index < -0.39 is 0 Å². The maximum Gasteiger partial charge on any atom is 0.241 e. The second kappa shape index (κ2) is 3.47. The van der Waals surface area contributed by atoms with Crippen LogP contribution >= 0.6 is 15.9 Å². The molecule has 70 valence electrons. The van der Waals surface area contributed by atoms with Gasteiger partial charge in [-0.05, 0) is 22.0 Å². The fraction of sp³-hybridized carbons (Fsp3) is 0.182. The molecule has 0 bridgehead atoms. The molecule has 0 spiro atoms. The third kappa shape index (κ3) is 1.32. The number of benzene rings is 1. The van der Waals surface area contributed by atoms with E-state index in [1.54, 1.807) is 0 Å². The van der Waals surface area contributed by atoms with Crippen molar-refractivity contribution < 1.29 is 0 Å². The van der Waals surface area contributed by atoms with E-state index in [4.69, 9.17) is 6.57 Å². The normalized spacial score (nSPS) is 10.4. The topological polar surface area (TPSA) is 9.29 Å². The molecule has 0 aliphatic carbocycles. The Morgan fingerprint density at radius 1 is 1.50 bits per heavy atom. The van der Waals surface area contributed by atoms with Gasteiger partial charge in [-0.15, -0.1) is 0 Å². The molecule has 0 aliphatic heterocycles. The van der Waals surface area contributed by atoms with Crippen molar-refractivity contribution in [2.24, 2.45) is 7.05 Å². The second-order valence-electron chi connectivity index (χ2n) is 3.22.